The maximum atomic E-state index is 13.0. The molecule has 1 saturated heterocycles. The predicted molar refractivity (Wildman–Crippen MR) is 123 cm³/mol. The van der Waals surface area contributed by atoms with Gasteiger partial charge in [0.2, 0.25) is 5.91 Å². The van der Waals surface area contributed by atoms with Crippen LogP contribution in [0.2, 0.25) is 0 Å². The van der Waals surface area contributed by atoms with E-state index >= 15 is 0 Å². The lowest BCUT2D eigenvalue weighted by atomic mass is 9.83. The number of esters is 1. The van der Waals surface area contributed by atoms with Crippen molar-refractivity contribution in [2.45, 2.75) is 18.9 Å². The zero-order valence-electron chi connectivity index (χ0n) is 18.6. The number of carbonyl (C=O) groups excluding carboxylic acids is 2. The van der Waals surface area contributed by atoms with Crippen LogP contribution in [0.1, 0.15) is 28.5 Å². The molecule has 1 aromatic carbocycles. The molecule has 2 atom stereocenters. The summed E-state index contributed by atoms with van der Waals surface area (Å²) in [6.07, 6.45) is 1.03. The van der Waals surface area contributed by atoms with Crippen molar-refractivity contribution in [2.75, 3.05) is 39.2 Å². The minimum absolute atomic E-state index is 0.0414. The average Bonchev–Trinajstić information content (AvgIpc) is 3.16. The van der Waals surface area contributed by atoms with Gasteiger partial charge in [-0.15, -0.1) is 0 Å². The molecular formula is C24H26N4O5. The van der Waals surface area contributed by atoms with Crippen molar-refractivity contribution in [1.29, 1.82) is 0 Å². The smallest absolute Gasteiger partial charge is 0.356 e. The molecule has 9 nitrogen and oxygen atoms in total. The zero-order valence-corrected chi connectivity index (χ0v) is 18.6. The molecule has 0 radical (unpaired) electrons. The Labute approximate surface area is 190 Å². The lowest BCUT2D eigenvalue weighted by Gasteiger charge is -2.42. The second-order valence-electron chi connectivity index (χ2n) is 8.72. The normalized spacial score (nSPS) is 19.7. The summed E-state index contributed by atoms with van der Waals surface area (Å²) >= 11 is 0. The first-order valence-electron chi connectivity index (χ1n) is 11.0. The molecule has 4 heterocycles. The number of benzene rings is 1. The number of amides is 1. The summed E-state index contributed by atoms with van der Waals surface area (Å²) in [5, 5.41) is 3.62. The molecule has 172 valence electrons. The summed E-state index contributed by atoms with van der Waals surface area (Å²) in [6.45, 7) is 2.34. The SMILES string of the molecule is COC(=O)c1[nH]c2cc(OC)ccc2c1NC(=O)CN1CC2CC(C1)c1cccc(=O)n1C2. The number of anilines is 1. The number of H-pyrrole nitrogens is 1. The molecule has 0 saturated carbocycles. The van der Waals surface area contributed by atoms with Gasteiger partial charge in [0.1, 0.15) is 11.4 Å². The van der Waals surface area contributed by atoms with E-state index in [9.17, 15) is 14.4 Å². The van der Waals surface area contributed by atoms with E-state index in [-0.39, 0.29) is 29.6 Å². The van der Waals surface area contributed by atoms with E-state index in [1.807, 2.05) is 10.6 Å². The molecule has 2 N–H and O–H groups in total. The number of aromatic nitrogens is 2. The number of aromatic amines is 1. The molecule has 0 aliphatic carbocycles. The Morgan fingerprint density at radius 3 is 2.79 bits per heavy atom. The molecule has 2 bridgehead atoms. The van der Waals surface area contributed by atoms with Crippen LogP contribution in [0.3, 0.4) is 0 Å². The number of carbonyl (C=O) groups is 2. The third-order valence-corrected chi connectivity index (χ3v) is 6.58. The van der Waals surface area contributed by atoms with Crippen LogP contribution < -0.4 is 15.6 Å². The van der Waals surface area contributed by atoms with E-state index in [2.05, 4.69) is 15.2 Å². The lowest BCUT2D eigenvalue weighted by Crippen LogP contribution is -2.49. The Morgan fingerprint density at radius 1 is 1.15 bits per heavy atom. The molecular weight excluding hydrogens is 424 g/mol. The summed E-state index contributed by atoms with van der Waals surface area (Å²) < 4.78 is 12.0. The van der Waals surface area contributed by atoms with Gasteiger partial charge in [0.15, 0.2) is 0 Å². The van der Waals surface area contributed by atoms with E-state index in [1.165, 1.54) is 7.11 Å². The number of pyridine rings is 1. The van der Waals surface area contributed by atoms with Crippen LogP contribution in [0.4, 0.5) is 5.69 Å². The summed E-state index contributed by atoms with van der Waals surface area (Å²) in [4.78, 5) is 42.8. The van der Waals surface area contributed by atoms with Gasteiger partial charge in [0, 0.05) is 48.8 Å². The number of fused-ring (bicyclic) bond motifs is 5. The standard InChI is InChI=1S/C24H26N4O5/c1-32-16-6-7-17-18(9-16)25-23(24(31)33-2)22(17)26-20(29)13-27-10-14-8-15(12-27)19-4-3-5-21(30)28(19)11-14/h3-7,9,14-15,25H,8,10-13H2,1-2H3,(H,26,29). The van der Waals surface area contributed by atoms with Crippen LogP contribution in [0.15, 0.2) is 41.2 Å². The maximum absolute atomic E-state index is 13.0. The van der Waals surface area contributed by atoms with Gasteiger partial charge >= 0.3 is 5.97 Å². The van der Waals surface area contributed by atoms with E-state index < -0.39 is 5.97 Å². The number of nitrogens with one attached hydrogen (secondary N) is 2. The number of hydrogen-bond donors (Lipinski definition) is 2. The van der Waals surface area contributed by atoms with E-state index in [4.69, 9.17) is 9.47 Å². The van der Waals surface area contributed by atoms with Crippen LogP contribution in [0.5, 0.6) is 5.75 Å². The van der Waals surface area contributed by atoms with Crippen molar-refractivity contribution in [3.05, 3.63) is 58.1 Å². The summed E-state index contributed by atoms with van der Waals surface area (Å²) in [5.41, 5.74) is 2.35. The monoisotopic (exact) mass is 450 g/mol. The second-order valence-corrected chi connectivity index (χ2v) is 8.72. The average molecular weight is 450 g/mol. The van der Waals surface area contributed by atoms with Gasteiger partial charge < -0.3 is 24.3 Å². The Hall–Kier alpha value is -3.59. The number of ether oxygens (including phenoxy) is 2. The van der Waals surface area contributed by atoms with Crippen molar-refractivity contribution in [1.82, 2.24) is 14.5 Å². The number of rotatable bonds is 5. The highest BCUT2D eigenvalue weighted by Gasteiger charge is 2.35. The molecule has 0 spiro atoms. The van der Waals surface area contributed by atoms with Gasteiger partial charge in [-0.25, -0.2) is 4.79 Å². The number of hydrogen-bond acceptors (Lipinski definition) is 6. The molecule has 1 fully saturated rings. The van der Waals surface area contributed by atoms with Crippen molar-refractivity contribution in [3.63, 3.8) is 0 Å². The highest BCUT2D eigenvalue weighted by atomic mass is 16.5. The third-order valence-electron chi connectivity index (χ3n) is 6.58. The first-order valence-corrected chi connectivity index (χ1v) is 11.0. The molecule has 1 amide bonds. The summed E-state index contributed by atoms with van der Waals surface area (Å²) in [6, 6.07) is 10.8. The van der Waals surface area contributed by atoms with Crippen molar-refractivity contribution >= 4 is 28.5 Å². The van der Waals surface area contributed by atoms with Gasteiger partial charge in [0.05, 0.1) is 32.0 Å². The molecule has 5 rings (SSSR count). The summed E-state index contributed by atoms with van der Waals surface area (Å²) in [5.74, 6) is 0.426. The van der Waals surface area contributed by atoms with Crippen LogP contribution in [-0.4, -0.2) is 60.2 Å². The number of methoxy groups -OCH3 is 2. The van der Waals surface area contributed by atoms with E-state index in [1.54, 1.807) is 37.4 Å². The van der Waals surface area contributed by atoms with Gasteiger partial charge in [0.25, 0.3) is 5.56 Å². The minimum atomic E-state index is -0.560. The van der Waals surface area contributed by atoms with Crippen LogP contribution in [0.25, 0.3) is 10.9 Å². The molecule has 9 heteroatoms. The minimum Gasteiger partial charge on any atom is -0.497 e. The Kier molecular flexibility index (Phi) is 5.41. The zero-order chi connectivity index (χ0) is 23.1. The fraction of sp³-hybridized carbons (Fsp3) is 0.375. The number of likely N-dealkylation sites (tertiary alicyclic amines) is 1. The van der Waals surface area contributed by atoms with Crippen LogP contribution >= 0.6 is 0 Å². The van der Waals surface area contributed by atoms with Gasteiger partial charge in [-0.2, -0.15) is 0 Å². The van der Waals surface area contributed by atoms with E-state index in [0.29, 0.717) is 41.3 Å². The fourth-order valence-electron chi connectivity index (χ4n) is 5.20. The molecule has 3 aromatic rings. The van der Waals surface area contributed by atoms with Gasteiger partial charge in [-0.05, 0) is 30.5 Å². The molecule has 2 aliphatic rings. The first kappa shape index (κ1) is 21.3. The fourth-order valence-corrected chi connectivity index (χ4v) is 5.20. The first-order chi connectivity index (χ1) is 16.0. The highest BCUT2D eigenvalue weighted by molar-refractivity contribution is 6.11. The van der Waals surface area contributed by atoms with Crippen molar-refractivity contribution in [3.8, 4) is 5.75 Å². The quantitative estimate of drug-likeness (QED) is 0.578. The molecule has 2 aliphatic heterocycles. The maximum Gasteiger partial charge on any atom is 0.356 e. The topological polar surface area (TPSA) is 106 Å². The van der Waals surface area contributed by atoms with E-state index in [0.717, 1.165) is 18.7 Å². The lowest BCUT2D eigenvalue weighted by molar-refractivity contribution is -0.117. The van der Waals surface area contributed by atoms with Gasteiger partial charge in [-0.1, -0.05) is 6.07 Å². The van der Waals surface area contributed by atoms with Gasteiger partial charge in [-0.3, -0.25) is 14.5 Å². The molecule has 33 heavy (non-hydrogen) atoms. The second kappa shape index (κ2) is 8.40. The Morgan fingerprint density at radius 2 is 2.00 bits per heavy atom. The van der Waals surface area contributed by atoms with Crippen LogP contribution in [-0.2, 0) is 16.1 Å². The van der Waals surface area contributed by atoms with Crippen LogP contribution in [0, 0.1) is 5.92 Å². The molecule has 2 aromatic heterocycles. The Bertz CT molecular complexity index is 1290. The largest absolute Gasteiger partial charge is 0.497 e. The molecule has 2 unspecified atom stereocenters. The number of nitrogens with zero attached hydrogens (tertiary/aromatic N) is 2. The van der Waals surface area contributed by atoms with Crippen molar-refractivity contribution in [2.24, 2.45) is 5.92 Å². The predicted octanol–water partition coefficient (Wildman–Crippen LogP) is 2.18. The Balaban J connectivity index is 1.36. The van der Waals surface area contributed by atoms with Crippen molar-refractivity contribution < 1.29 is 19.1 Å². The summed E-state index contributed by atoms with van der Waals surface area (Å²) in [7, 11) is 2.87. The third kappa shape index (κ3) is 3.89. The number of piperidine rings is 1. The highest BCUT2D eigenvalue weighted by Crippen LogP contribution is 2.35.